The number of sulfone groups is 1. The van der Waals surface area contributed by atoms with E-state index in [9.17, 15) is 22.9 Å². The highest BCUT2D eigenvalue weighted by Gasteiger charge is 2.13. The molecular weight excluding hydrogens is 275 g/mol. The first-order valence-electron chi connectivity index (χ1n) is 5.69. The lowest BCUT2D eigenvalue weighted by Crippen LogP contribution is -2.23. The summed E-state index contributed by atoms with van der Waals surface area (Å²) in [5.74, 6) is -0.801. The molecule has 0 aliphatic carbocycles. The van der Waals surface area contributed by atoms with Gasteiger partial charge in [-0.2, -0.15) is 4.39 Å². The lowest BCUT2D eigenvalue weighted by molar-refractivity contribution is -0.387. The van der Waals surface area contributed by atoms with E-state index in [0.29, 0.717) is 5.56 Å². The van der Waals surface area contributed by atoms with E-state index < -0.39 is 26.3 Å². The van der Waals surface area contributed by atoms with Gasteiger partial charge in [0.25, 0.3) is 0 Å². The van der Waals surface area contributed by atoms with Gasteiger partial charge >= 0.3 is 5.69 Å². The van der Waals surface area contributed by atoms with Crippen LogP contribution in [0.4, 0.5) is 10.1 Å². The summed E-state index contributed by atoms with van der Waals surface area (Å²) < 4.78 is 35.7. The number of nitrogens with zero attached hydrogens (tertiary/aromatic N) is 1. The molecular formula is C11H15FN2O4S. The first-order valence-corrected chi connectivity index (χ1v) is 7.52. The Morgan fingerprint density at radius 3 is 2.63 bits per heavy atom. The molecule has 0 unspecified atom stereocenters. The lowest BCUT2D eigenvalue weighted by atomic mass is 10.2. The van der Waals surface area contributed by atoms with Crippen LogP contribution < -0.4 is 5.32 Å². The van der Waals surface area contributed by atoms with Gasteiger partial charge in [-0.3, -0.25) is 10.1 Å². The van der Waals surface area contributed by atoms with E-state index in [-0.39, 0.29) is 24.6 Å². The molecule has 1 rings (SSSR count). The maximum atomic E-state index is 13.3. The molecule has 0 saturated carbocycles. The summed E-state index contributed by atoms with van der Waals surface area (Å²) in [6, 6.07) is 3.59. The van der Waals surface area contributed by atoms with Gasteiger partial charge in [-0.15, -0.1) is 0 Å². The monoisotopic (exact) mass is 290 g/mol. The average molecular weight is 290 g/mol. The second-order valence-corrected chi connectivity index (χ2v) is 6.43. The van der Waals surface area contributed by atoms with Gasteiger partial charge in [-0.05, 0) is 11.6 Å². The van der Waals surface area contributed by atoms with Crippen molar-refractivity contribution in [2.45, 2.75) is 13.5 Å². The highest BCUT2D eigenvalue weighted by molar-refractivity contribution is 7.91. The summed E-state index contributed by atoms with van der Waals surface area (Å²) in [7, 11) is -3.03. The number of rotatable bonds is 7. The summed E-state index contributed by atoms with van der Waals surface area (Å²) in [6.45, 7) is 2.09. The Morgan fingerprint density at radius 2 is 2.11 bits per heavy atom. The molecule has 0 amide bonds. The summed E-state index contributed by atoms with van der Waals surface area (Å²) in [4.78, 5) is 9.63. The predicted octanol–water partition coefficient (Wildman–Crippen LogP) is 1.26. The van der Waals surface area contributed by atoms with Crippen LogP contribution in [0.15, 0.2) is 18.2 Å². The van der Waals surface area contributed by atoms with Gasteiger partial charge in [-0.1, -0.05) is 13.0 Å². The fraction of sp³-hybridized carbons (Fsp3) is 0.455. The molecule has 0 heterocycles. The number of nitrogens with one attached hydrogen (secondary N) is 1. The second kappa shape index (κ2) is 6.58. The van der Waals surface area contributed by atoms with Crippen molar-refractivity contribution >= 4 is 15.5 Å². The van der Waals surface area contributed by atoms with E-state index in [0.717, 1.165) is 12.1 Å². The van der Waals surface area contributed by atoms with Crippen molar-refractivity contribution < 1.29 is 17.7 Å². The molecule has 19 heavy (non-hydrogen) atoms. The SMILES string of the molecule is CCS(=O)(=O)CCNCc1ccc([N+](=O)[O-])c(F)c1. The Kier molecular flexibility index (Phi) is 5.37. The molecule has 0 fully saturated rings. The quantitative estimate of drug-likeness (QED) is 0.464. The molecule has 0 aliphatic rings. The van der Waals surface area contributed by atoms with Crippen LogP contribution in [0.1, 0.15) is 12.5 Å². The van der Waals surface area contributed by atoms with Crippen LogP contribution in [-0.2, 0) is 16.4 Å². The Hall–Kier alpha value is -1.54. The summed E-state index contributed by atoms with van der Waals surface area (Å²) in [6.07, 6.45) is 0. The molecule has 1 aromatic carbocycles. The topological polar surface area (TPSA) is 89.3 Å². The first kappa shape index (κ1) is 15.5. The van der Waals surface area contributed by atoms with Crippen LogP contribution in [0.25, 0.3) is 0 Å². The smallest absolute Gasteiger partial charge is 0.304 e. The Morgan fingerprint density at radius 1 is 1.42 bits per heavy atom. The molecule has 1 aromatic rings. The second-order valence-electron chi connectivity index (χ2n) is 3.96. The molecule has 0 atom stereocenters. The zero-order chi connectivity index (χ0) is 14.5. The van der Waals surface area contributed by atoms with Gasteiger partial charge in [0.1, 0.15) is 0 Å². The van der Waals surface area contributed by atoms with Crippen LogP contribution >= 0.6 is 0 Å². The Bertz CT molecular complexity index is 560. The maximum Gasteiger partial charge on any atom is 0.304 e. The van der Waals surface area contributed by atoms with Gasteiger partial charge in [0, 0.05) is 24.9 Å². The number of nitro benzene ring substituents is 1. The van der Waals surface area contributed by atoms with E-state index in [4.69, 9.17) is 0 Å². The minimum absolute atomic E-state index is 0.0129. The molecule has 0 aromatic heterocycles. The lowest BCUT2D eigenvalue weighted by Gasteiger charge is -2.05. The minimum Gasteiger partial charge on any atom is -0.312 e. The Balaban J connectivity index is 2.51. The number of hydrogen-bond donors (Lipinski definition) is 1. The van der Waals surface area contributed by atoms with Crippen molar-refractivity contribution in [2.24, 2.45) is 0 Å². The largest absolute Gasteiger partial charge is 0.312 e. The van der Waals surface area contributed by atoms with E-state index in [1.807, 2.05) is 0 Å². The highest BCUT2D eigenvalue weighted by atomic mass is 32.2. The van der Waals surface area contributed by atoms with Gasteiger partial charge in [0.2, 0.25) is 5.82 Å². The van der Waals surface area contributed by atoms with E-state index >= 15 is 0 Å². The van der Waals surface area contributed by atoms with Crippen molar-refractivity contribution in [1.29, 1.82) is 0 Å². The first-order chi connectivity index (χ1) is 8.85. The number of nitro groups is 1. The third kappa shape index (κ3) is 4.92. The van der Waals surface area contributed by atoms with Gasteiger partial charge < -0.3 is 5.32 Å². The van der Waals surface area contributed by atoms with Crippen LogP contribution in [-0.4, -0.2) is 31.4 Å². The van der Waals surface area contributed by atoms with Gasteiger partial charge in [-0.25, -0.2) is 8.42 Å². The normalized spacial score (nSPS) is 11.5. The van der Waals surface area contributed by atoms with Crippen LogP contribution in [0.5, 0.6) is 0 Å². The summed E-state index contributed by atoms with van der Waals surface area (Å²) in [5, 5.41) is 13.3. The summed E-state index contributed by atoms with van der Waals surface area (Å²) >= 11 is 0. The third-order valence-corrected chi connectivity index (χ3v) is 4.27. The molecule has 1 N–H and O–H groups in total. The standard InChI is InChI=1S/C11H15FN2O4S/c1-2-19(17,18)6-5-13-8-9-3-4-11(14(15)16)10(12)7-9/h3-4,7,13H,2,5-6,8H2,1H3. The number of benzene rings is 1. The van der Waals surface area contributed by atoms with E-state index in [1.165, 1.54) is 6.07 Å². The molecule has 6 nitrogen and oxygen atoms in total. The van der Waals surface area contributed by atoms with Gasteiger partial charge in [0.05, 0.1) is 10.7 Å². The maximum absolute atomic E-state index is 13.3. The average Bonchev–Trinajstić information content (AvgIpc) is 2.34. The molecule has 0 bridgehead atoms. The van der Waals surface area contributed by atoms with E-state index in [1.54, 1.807) is 6.92 Å². The Labute approximate surface area is 110 Å². The number of hydrogen-bond acceptors (Lipinski definition) is 5. The van der Waals surface area contributed by atoms with Crippen molar-refractivity contribution in [1.82, 2.24) is 5.32 Å². The minimum atomic E-state index is -3.03. The van der Waals surface area contributed by atoms with Gasteiger partial charge in [0.15, 0.2) is 9.84 Å². The van der Waals surface area contributed by atoms with Crippen molar-refractivity contribution in [3.05, 3.63) is 39.7 Å². The highest BCUT2D eigenvalue weighted by Crippen LogP contribution is 2.17. The van der Waals surface area contributed by atoms with Crippen LogP contribution in [0, 0.1) is 15.9 Å². The molecule has 106 valence electrons. The van der Waals surface area contributed by atoms with Crippen LogP contribution in [0.3, 0.4) is 0 Å². The van der Waals surface area contributed by atoms with Crippen molar-refractivity contribution in [3.63, 3.8) is 0 Å². The molecule has 0 radical (unpaired) electrons. The fourth-order valence-corrected chi connectivity index (χ4v) is 2.16. The number of halogens is 1. The van der Waals surface area contributed by atoms with Crippen molar-refractivity contribution in [2.75, 3.05) is 18.1 Å². The zero-order valence-electron chi connectivity index (χ0n) is 10.4. The van der Waals surface area contributed by atoms with E-state index in [2.05, 4.69) is 5.32 Å². The zero-order valence-corrected chi connectivity index (χ0v) is 11.2. The fourth-order valence-electron chi connectivity index (χ4n) is 1.41. The molecule has 8 heteroatoms. The third-order valence-electron chi connectivity index (χ3n) is 2.57. The predicted molar refractivity (Wildman–Crippen MR) is 69.1 cm³/mol. The molecule has 0 aliphatic heterocycles. The van der Waals surface area contributed by atoms with Crippen LogP contribution in [0.2, 0.25) is 0 Å². The summed E-state index contributed by atoms with van der Waals surface area (Å²) in [5.41, 5.74) is -0.0469. The molecule has 0 saturated heterocycles. The molecule has 0 spiro atoms. The van der Waals surface area contributed by atoms with Crippen molar-refractivity contribution in [3.8, 4) is 0 Å².